The number of nitrogens with two attached hydrogens (primary N) is 1. The van der Waals surface area contributed by atoms with Gasteiger partial charge in [0.1, 0.15) is 12.1 Å². The van der Waals surface area contributed by atoms with Crippen molar-refractivity contribution < 1.29 is 24.0 Å². The number of primary amides is 1. The predicted octanol–water partition coefficient (Wildman–Crippen LogP) is 2.19. The van der Waals surface area contributed by atoms with Crippen LogP contribution in [0.25, 0.3) is 0 Å². The SMILES string of the molecule is CC(C)(C)C(Cn1ccccc1=O)NC(=O)NC(C(=O)N1CC2C(C1C(=O)NC(CC1CCC1)C(=O)C(N)=O)C2(C)C)C(C)(C)C. The van der Waals surface area contributed by atoms with Gasteiger partial charge in [-0.3, -0.25) is 24.0 Å². The minimum absolute atomic E-state index is 0.0769. The molecule has 46 heavy (non-hydrogen) atoms. The molecular weight excluding hydrogens is 588 g/mol. The normalized spacial score (nSPS) is 24.1. The fraction of sp³-hybridized carbons (Fsp3) is 0.706. The van der Waals surface area contributed by atoms with Gasteiger partial charge in [0, 0.05) is 25.4 Å². The molecule has 6 atom stereocenters. The van der Waals surface area contributed by atoms with Crippen molar-refractivity contribution >= 4 is 29.5 Å². The van der Waals surface area contributed by atoms with E-state index in [1.807, 2.05) is 41.5 Å². The topological polar surface area (TPSA) is 173 Å². The summed E-state index contributed by atoms with van der Waals surface area (Å²) >= 11 is 0. The highest BCUT2D eigenvalue weighted by atomic mass is 16.2. The molecule has 3 fully saturated rings. The fourth-order valence-electron chi connectivity index (χ4n) is 7.03. The monoisotopic (exact) mass is 640 g/mol. The van der Waals surface area contributed by atoms with Crippen LogP contribution < -0.4 is 27.2 Å². The Kier molecular flexibility index (Phi) is 9.81. The van der Waals surface area contributed by atoms with Gasteiger partial charge in [-0.25, -0.2) is 4.79 Å². The second kappa shape index (κ2) is 12.8. The van der Waals surface area contributed by atoms with Crippen LogP contribution in [0.1, 0.15) is 81.1 Å². The lowest BCUT2D eigenvalue weighted by molar-refractivity contribution is -0.145. The largest absolute Gasteiger partial charge is 0.363 e. The first kappa shape index (κ1) is 35.2. The van der Waals surface area contributed by atoms with E-state index < -0.39 is 64.5 Å². The Morgan fingerprint density at radius 1 is 0.978 bits per heavy atom. The number of nitrogens with one attached hydrogen (secondary N) is 3. The zero-order chi connectivity index (χ0) is 34.4. The van der Waals surface area contributed by atoms with Gasteiger partial charge < -0.3 is 31.2 Å². The molecule has 0 bridgehead atoms. The third-order valence-electron chi connectivity index (χ3n) is 10.4. The second-order valence-electron chi connectivity index (χ2n) is 16.2. The van der Waals surface area contributed by atoms with Crippen LogP contribution in [0.4, 0.5) is 4.79 Å². The minimum Gasteiger partial charge on any atom is -0.363 e. The summed E-state index contributed by atoms with van der Waals surface area (Å²) in [7, 11) is 0. The van der Waals surface area contributed by atoms with Crippen LogP contribution >= 0.6 is 0 Å². The zero-order valence-corrected chi connectivity index (χ0v) is 28.5. The van der Waals surface area contributed by atoms with Crippen molar-refractivity contribution in [1.82, 2.24) is 25.4 Å². The number of ketones is 1. The predicted molar refractivity (Wildman–Crippen MR) is 173 cm³/mol. The lowest BCUT2D eigenvalue weighted by Gasteiger charge is -2.39. The number of urea groups is 1. The Hall–Kier alpha value is -3.70. The van der Waals surface area contributed by atoms with E-state index >= 15 is 0 Å². The highest BCUT2D eigenvalue weighted by molar-refractivity contribution is 6.37. The maximum Gasteiger partial charge on any atom is 0.315 e. The van der Waals surface area contributed by atoms with Crippen LogP contribution in [0.3, 0.4) is 0 Å². The number of likely N-dealkylation sites (tertiary alicyclic amines) is 1. The van der Waals surface area contributed by atoms with Gasteiger partial charge in [0.15, 0.2) is 0 Å². The van der Waals surface area contributed by atoms with Crippen LogP contribution in [0, 0.1) is 34.0 Å². The van der Waals surface area contributed by atoms with Gasteiger partial charge in [-0.05, 0) is 46.5 Å². The second-order valence-corrected chi connectivity index (χ2v) is 16.2. The Labute approximate surface area is 271 Å². The zero-order valence-electron chi connectivity index (χ0n) is 28.5. The number of pyridine rings is 1. The Bertz CT molecular complexity index is 1420. The quantitative estimate of drug-likeness (QED) is 0.270. The number of piperidine rings is 1. The molecule has 5 amide bonds. The number of aromatic nitrogens is 1. The van der Waals surface area contributed by atoms with Crippen molar-refractivity contribution in [1.29, 1.82) is 0 Å². The molecule has 1 aromatic heterocycles. The van der Waals surface area contributed by atoms with Gasteiger partial charge in [-0.1, -0.05) is 80.7 Å². The molecule has 4 rings (SSSR count). The highest BCUT2D eigenvalue weighted by Crippen LogP contribution is 2.65. The maximum atomic E-state index is 14.3. The van der Waals surface area contributed by atoms with Crippen LogP contribution in [0.15, 0.2) is 29.2 Å². The molecule has 12 heteroatoms. The van der Waals surface area contributed by atoms with Crippen molar-refractivity contribution in [2.75, 3.05) is 6.54 Å². The van der Waals surface area contributed by atoms with Gasteiger partial charge >= 0.3 is 6.03 Å². The average Bonchev–Trinajstić information content (AvgIpc) is 3.24. The van der Waals surface area contributed by atoms with Crippen LogP contribution in [-0.4, -0.2) is 69.7 Å². The van der Waals surface area contributed by atoms with Crippen molar-refractivity contribution in [3.05, 3.63) is 34.7 Å². The van der Waals surface area contributed by atoms with E-state index in [4.69, 9.17) is 5.73 Å². The summed E-state index contributed by atoms with van der Waals surface area (Å²) in [6.07, 6.45) is 4.88. The number of Topliss-reactive ketones (excluding diaryl/α,β-unsaturated/α-hetero) is 1. The summed E-state index contributed by atoms with van der Waals surface area (Å²) in [5.74, 6) is -2.63. The molecule has 0 spiro atoms. The number of amides is 5. The van der Waals surface area contributed by atoms with Crippen molar-refractivity contribution in [3.63, 3.8) is 0 Å². The van der Waals surface area contributed by atoms with Gasteiger partial charge in [-0.15, -0.1) is 0 Å². The van der Waals surface area contributed by atoms with E-state index in [9.17, 15) is 28.8 Å². The average molecular weight is 641 g/mol. The van der Waals surface area contributed by atoms with E-state index in [-0.39, 0.29) is 35.3 Å². The summed E-state index contributed by atoms with van der Waals surface area (Å²) in [4.78, 5) is 80.2. The van der Waals surface area contributed by atoms with E-state index in [1.54, 1.807) is 18.3 Å². The van der Waals surface area contributed by atoms with Crippen molar-refractivity contribution in [2.45, 2.75) is 112 Å². The summed E-state index contributed by atoms with van der Waals surface area (Å²) < 4.78 is 1.53. The first-order chi connectivity index (χ1) is 21.2. The number of rotatable bonds is 11. The van der Waals surface area contributed by atoms with Crippen LogP contribution in [0.2, 0.25) is 0 Å². The Balaban J connectivity index is 1.54. The summed E-state index contributed by atoms with van der Waals surface area (Å²) in [5, 5.41) is 8.67. The molecule has 1 aliphatic heterocycles. The molecular formula is C34H52N6O6. The number of carbonyl (C=O) groups is 5. The van der Waals surface area contributed by atoms with Crippen LogP contribution in [0.5, 0.6) is 0 Å². The van der Waals surface area contributed by atoms with Gasteiger partial charge in [0.05, 0.1) is 12.1 Å². The molecule has 3 aliphatic rings. The van der Waals surface area contributed by atoms with E-state index in [0.717, 1.165) is 19.3 Å². The standard InChI is InChI=1S/C34H52N6O6/c1-32(2,3)22(18-39-15-10-9-14-23(39)41)37-31(46)38-27(33(4,5)6)30(45)40-17-20-24(34(20,7)8)25(40)29(44)36-21(26(42)28(35)43)16-19-12-11-13-19/h9-10,14-15,19-22,24-25,27H,11-13,16-18H2,1-8H3,(H2,35,43)(H,36,44)(H2,37,38,46). The molecule has 0 radical (unpaired) electrons. The van der Waals surface area contributed by atoms with Gasteiger partial charge in [0.25, 0.3) is 11.5 Å². The Morgan fingerprint density at radius 3 is 2.15 bits per heavy atom. The van der Waals surface area contributed by atoms with Crippen molar-refractivity contribution in [2.24, 2.45) is 39.7 Å². The van der Waals surface area contributed by atoms with Crippen LogP contribution in [-0.2, 0) is 25.7 Å². The lowest BCUT2D eigenvalue weighted by atomic mass is 9.80. The molecule has 12 nitrogen and oxygen atoms in total. The lowest BCUT2D eigenvalue weighted by Crippen LogP contribution is -2.62. The number of fused-ring (bicyclic) bond motifs is 1. The third-order valence-corrected chi connectivity index (χ3v) is 10.4. The molecule has 2 aliphatic carbocycles. The Morgan fingerprint density at radius 2 is 1.63 bits per heavy atom. The molecule has 2 heterocycles. The maximum absolute atomic E-state index is 14.3. The molecule has 2 saturated carbocycles. The van der Waals surface area contributed by atoms with Gasteiger partial charge in [-0.2, -0.15) is 0 Å². The molecule has 254 valence electrons. The number of carbonyl (C=O) groups excluding carboxylic acids is 5. The molecule has 6 unspecified atom stereocenters. The fourth-order valence-corrected chi connectivity index (χ4v) is 7.03. The van der Waals surface area contributed by atoms with Gasteiger partial charge in [0.2, 0.25) is 17.6 Å². The number of nitrogens with zero attached hydrogens (tertiary/aromatic N) is 2. The molecule has 1 saturated heterocycles. The van der Waals surface area contributed by atoms with E-state index in [1.165, 1.54) is 15.5 Å². The summed E-state index contributed by atoms with van der Waals surface area (Å²) in [6.45, 7) is 16.1. The molecule has 1 aromatic rings. The van der Waals surface area contributed by atoms with E-state index in [2.05, 4.69) is 29.8 Å². The third kappa shape index (κ3) is 7.47. The number of hydrogen-bond donors (Lipinski definition) is 4. The molecule has 5 N–H and O–H groups in total. The minimum atomic E-state index is -1.10. The highest BCUT2D eigenvalue weighted by Gasteiger charge is 2.70. The van der Waals surface area contributed by atoms with E-state index in [0.29, 0.717) is 13.0 Å². The number of hydrogen-bond acceptors (Lipinski definition) is 6. The smallest absolute Gasteiger partial charge is 0.315 e. The first-order valence-electron chi connectivity index (χ1n) is 16.4. The summed E-state index contributed by atoms with van der Waals surface area (Å²) in [6, 6.07) is 0.979. The first-order valence-corrected chi connectivity index (χ1v) is 16.4. The summed E-state index contributed by atoms with van der Waals surface area (Å²) in [5.41, 5.74) is 3.82. The molecule has 0 aromatic carbocycles. The van der Waals surface area contributed by atoms with Crippen molar-refractivity contribution in [3.8, 4) is 0 Å².